The van der Waals surface area contributed by atoms with Crippen LogP contribution in [0.2, 0.25) is 0 Å². The van der Waals surface area contributed by atoms with Crippen LogP contribution in [0.3, 0.4) is 0 Å². The highest BCUT2D eigenvalue weighted by atomic mass is 16.5. The highest BCUT2D eigenvalue weighted by Crippen LogP contribution is 2.17. The van der Waals surface area contributed by atoms with Crippen LogP contribution in [0.4, 0.5) is 11.5 Å². The van der Waals surface area contributed by atoms with Crippen molar-refractivity contribution < 1.29 is 9.53 Å². The largest absolute Gasteiger partial charge is 0.491 e. The summed E-state index contributed by atoms with van der Waals surface area (Å²) in [6.07, 6.45) is 1.83. The Balaban J connectivity index is 2.08. The summed E-state index contributed by atoms with van der Waals surface area (Å²) in [5, 5.41) is 5.87. The molecule has 6 nitrogen and oxygen atoms in total. The second-order valence-electron chi connectivity index (χ2n) is 5.50. The number of carbonyl (C=O) groups excluding carboxylic acids is 1. The third kappa shape index (κ3) is 5.08. The quantitative estimate of drug-likeness (QED) is 0.762. The molecule has 2 aromatic rings. The Hall–Kier alpha value is -2.89. The summed E-state index contributed by atoms with van der Waals surface area (Å²) in [6.45, 7) is 9.88. The number of anilines is 2. The van der Waals surface area contributed by atoms with Gasteiger partial charge in [0.05, 0.1) is 6.10 Å². The number of carbonyl (C=O) groups is 1. The molecule has 0 bridgehead atoms. The normalized spacial score (nSPS) is 10.3. The highest BCUT2D eigenvalue weighted by molar-refractivity contribution is 6.03. The molecular formula is C18H22N4O2. The van der Waals surface area contributed by atoms with Gasteiger partial charge < -0.3 is 15.4 Å². The predicted molar refractivity (Wildman–Crippen MR) is 95.6 cm³/mol. The Morgan fingerprint density at radius 3 is 2.62 bits per heavy atom. The van der Waals surface area contributed by atoms with Crippen LogP contribution in [0.5, 0.6) is 5.75 Å². The van der Waals surface area contributed by atoms with Crippen molar-refractivity contribution in [1.29, 1.82) is 0 Å². The molecule has 2 rings (SSSR count). The molecule has 0 unspecified atom stereocenters. The maximum Gasteiger partial charge on any atom is 0.274 e. The van der Waals surface area contributed by atoms with Gasteiger partial charge in [0.25, 0.3) is 5.91 Å². The fourth-order valence-electron chi connectivity index (χ4n) is 2.04. The number of ether oxygens (including phenoxy) is 1. The van der Waals surface area contributed by atoms with Crippen molar-refractivity contribution in [3.63, 3.8) is 0 Å². The topological polar surface area (TPSA) is 76.1 Å². The highest BCUT2D eigenvalue weighted by Gasteiger charge is 2.11. The summed E-state index contributed by atoms with van der Waals surface area (Å²) in [5.41, 5.74) is 0.976. The molecule has 0 fully saturated rings. The summed E-state index contributed by atoms with van der Waals surface area (Å²) >= 11 is 0. The van der Waals surface area contributed by atoms with Crippen LogP contribution >= 0.6 is 0 Å². The number of aromatic nitrogens is 2. The van der Waals surface area contributed by atoms with Crippen LogP contribution in [0.15, 0.2) is 43.0 Å². The van der Waals surface area contributed by atoms with Crippen LogP contribution in [0, 0.1) is 6.92 Å². The van der Waals surface area contributed by atoms with E-state index in [1.54, 1.807) is 31.2 Å². The lowest BCUT2D eigenvalue weighted by molar-refractivity contribution is 0.102. The van der Waals surface area contributed by atoms with Crippen LogP contribution < -0.4 is 15.4 Å². The average molecular weight is 326 g/mol. The molecule has 0 radical (unpaired) electrons. The first-order valence-corrected chi connectivity index (χ1v) is 7.76. The van der Waals surface area contributed by atoms with E-state index >= 15 is 0 Å². The van der Waals surface area contributed by atoms with E-state index in [0.29, 0.717) is 29.6 Å². The standard InChI is InChI=1S/C18H22N4O2/c1-5-10-19-17-11-16(20-13(4)21-17)18(23)22-14-6-8-15(9-7-14)24-12(2)3/h5-9,11-12H,1,10H2,2-4H3,(H,22,23)(H,19,20,21). The van der Waals surface area contributed by atoms with Gasteiger partial charge in [-0.25, -0.2) is 9.97 Å². The lowest BCUT2D eigenvalue weighted by Gasteiger charge is -2.11. The first kappa shape index (κ1) is 17.5. The number of nitrogens with one attached hydrogen (secondary N) is 2. The van der Waals surface area contributed by atoms with Crippen molar-refractivity contribution in [2.24, 2.45) is 0 Å². The minimum Gasteiger partial charge on any atom is -0.491 e. The van der Waals surface area contributed by atoms with Crippen molar-refractivity contribution in [1.82, 2.24) is 9.97 Å². The molecule has 1 heterocycles. The van der Waals surface area contributed by atoms with Crippen molar-refractivity contribution in [3.05, 3.63) is 54.5 Å². The lowest BCUT2D eigenvalue weighted by atomic mass is 10.2. The second-order valence-corrected chi connectivity index (χ2v) is 5.50. The van der Waals surface area contributed by atoms with Gasteiger partial charge in [0, 0.05) is 18.3 Å². The summed E-state index contributed by atoms with van der Waals surface area (Å²) in [7, 11) is 0. The number of hydrogen-bond acceptors (Lipinski definition) is 5. The van der Waals surface area contributed by atoms with E-state index in [4.69, 9.17) is 4.74 Å². The SMILES string of the molecule is C=CCNc1cc(C(=O)Nc2ccc(OC(C)C)cc2)nc(C)n1. The van der Waals surface area contributed by atoms with Gasteiger partial charge in [-0.15, -0.1) is 6.58 Å². The van der Waals surface area contributed by atoms with Gasteiger partial charge in [-0.2, -0.15) is 0 Å². The first-order chi connectivity index (χ1) is 11.5. The van der Waals surface area contributed by atoms with Gasteiger partial charge in [0.15, 0.2) is 0 Å². The number of hydrogen-bond donors (Lipinski definition) is 2. The monoisotopic (exact) mass is 326 g/mol. The van der Waals surface area contributed by atoms with Crippen molar-refractivity contribution in [2.45, 2.75) is 26.9 Å². The van der Waals surface area contributed by atoms with Gasteiger partial charge in [-0.3, -0.25) is 4.79 Å². The molecule has 0 saturated carbocycles. The number of benzene rings is 1. The smallest absolute Gasteiger partial charge is 0.274 e. The minimum atomic E-state index is -0.292. The Kier molecular flexibility index (Phi) is 5.89. The molecule has 1 aromatic heterocycles. The summed E-state index contributed by atoms with van der Waals surface area (Å²) < 4.78 is 5.58. The number of rotatable bonds is 7. The zero-order valence-electron chi connectivity index (χ0n) is 14.2. The molecular weight excluding hydrogens is 304 g/mol. The van der Waals surface area contributed by atoms with Gasteiger partial charge >= 0.3 is 0 Å². The van der Waals surface area contributed by atoms with E-state index in [2.05, 4.69) is 27.2 Å². The van der Waals surface area contributed by atoms with Crippen LogP contribution in [-0.2, 0) is 0 Å². The molecule has 1 amide bonds. The Morgan fingerprint density at radius 2 is 2.00 bits per heavy atom. The lowest BCUT2D eigenvalue weighted by Crippen LogP contribution is -2.16. The number of nitrogens with zero attached hydrogens (tertiary/aromatic N) is 2. The average Bonchev–Trinajstić information content (AvgIpc) is 2.53. The zero-order chi connectivity index (χ0) is 17.5. The molecule has 6 heteroatoms. The van der Waals surface area contributed by atoms with Crippen LogP contribution in [-0.4, -0.2) is 28.5 Å². The molecule has 24 heavy (non-hydrogen) atoms. The van der Waals surface area contributed by atoms with E-state index in [1.165, 1.54) is 0 Å². The molecule has 0 spiro atoms. The Bertz CT molecular complexity index is 711. The van der Waals surface area contributed by atoms with E-state index in [-0.39, 0.29) is 12.0 Å². The second kappa shape index (κ2) is 8.10. The van der Waals surface area contributed by atoms with Crippen LogP contribution in [0.1, 0.15) is 30.2 Å². The molecule has 0 atom stereocenters. The maximum atomic E-state index is 12.4. The molecule has 2 N–H and O–H groups in total. The molecule has 1 aromatic carbocycles. The zero-order valence-corrected chi connectivity index (χ0v) is 14.2. The third-order valence-electron chi connectivity index (χ3n) is 2.98. The van der Waals surface area contributed by atoms with E-state index < -0.39 is 0 Å². The van der Waals surface area contributed by atoms with Gasteiger partial charge in [-0.05, 0) is 45.0 Å². The third-order valence-corrected chi connectivity index (χ3v) is 2.98. The molecule has 0 aliphatic carbocycles. The fraction of sp³-hybridized carbons (Fsp3) is 0.278. The Labute approximate surface area is 142 Å². The van der Waals surface area contributed by atoms with Gasteiger partial charge in [0.2, 0.25) is 0 Å². The van der Waals surface area contributed by atoms with Gasteiger partial charge in [0.1, 0.15) is 23.1 Å². The number of amides is 1. The first-order valence-electron chi connectivity index (χ1n) is 7.76. The molecule has 0 saturated heterocycles. The van der Waals surface area contributed by atoms with Crippen molar-refractivity contribution in [2.75, 3.05) is 17.2 Å². The van der Waals surface area contributed by atoms with E-state index in [9.17, 15) is 4.79 Å². The van der Waals surface area contributed by atoms with Crippen molar-refractivity contribution in [3.8, 4) is 5.75 Å². The summed E-state index contributed by atoms with van der Waals surface area (Å²) in [5.74, 6) is 1.58. The van der Waals surface area contributed by atoms with E-state index in [0.717, 1.165) is 5.75 Å². The minimum absolute atomic E-state index is 0.107. The molecule has 0 aliphatic rings. The predicted octanol–water partition coefficient (Wildman–Crippen LogP) is 3.42. The van der Waals surface area contributed by atoms with E-state index in [1.807, 2.05) is 26.0 Å². The van der Waals surface area contributed by atoms with Crippen LogP contribution in [0.25, 0.3) is 0 Å². The Morgan fingerprint density at radius 1 is 1.29 bits per heavy atom. The van der Waals surface area contributed by atoms with Gasteiger partial charge in [-0.1, -0.05) is 6.08 Å². The number of aryl methyl sites for hydroxylation is 1. The summed E-state index contributed by atoms with van der Waals surface area (Å²) in [4.78, 5) is 20.8. The molecule has 0 aliphatic heterocycles. The molecule has 126 valence electrons. The summed E-state index contributed by atoms with van der Waals surface area (Å²) in [6, 6.07) is 8.83. The fourth-order valence-corrected chi connectivity index (χ4v) is 2.04. The maximum absolute atomic E-state index is 12.4. The van der Waals surface area contributed by atoms with Crippen molar-refractivity contribution >= 4 is 17.4 Å².